The molecule has 1 aliphatic heterocycles. The Morgan fingerprint density at radius 3 is 2.84 bits per heavy atom. The van der Waals surface area contributed by atoms with Crippen LogP contribution >= 0.6 is 0 Å². The van der Waals surface area contributed by atoms with Crippen LogP contribution in [0.5, 0.6) is 0 Å². The van der Waals surface area contributed by atoms with Crippen LogP contribution in [0, 0.1) is 17.3 Å². The van der Waals surface area contributed by atoms with Crippen molar-refractivity contribution in [2.75, 3.05) is 26.7 Å². The zero-order valence-corrected chi connectivity index (χ0v) is 16.5. The Morgan fingerprint density at radius 1 is 1.40 bits per heavy atom. The molecule has 6 heteroatoms. The van der Waals surface area contributed by atoms with Gasteiger partial charge in [0.2, 0.25) is 0 Å². The lowest BCUT2D eigenvalue weighted by atomic mass is 9.78. The van der Waals surface area contributed by atoms with Gasteiger partial charge in [-0.05, 0) is 30.2 Å². The summed E-state index contributed by atoms with van der Waals surface area (Å²) in [4.78, 5) is 4.36. The topological polar surface area (TPSA) is 63.5 Å². The van der Waals surface area contributed by atoms with Crippen LogP contribution in [0.4, 0.5) is 0 Å². The first-order valence-electron chi connectivity index (χ1n) is 9.43. The molecular formula is C19H35N5O. The number of aliphatic imine (C=N–C) groups is 1. The van der Waals surface area contributed by atoms with Gasteiger partial charge >= 0.3 is 0 Å². The number of hydrogen-bond donors (Lipinski definition) is 2. The third-order valence-electron chi connectivity index (χ3n) is 4.73. The van der Waals surface area contributed by atoms with Crippen LogP contribution in [0.1, 0.15) is 40.5 Å². The van der Waals surface area contributed by atoms with E-state index in [1.54, 1.807) is 0 Å². The highest BCUT2D eigenvalue weighted by Crippen LogP contribution is 2.33. The summed E-state index contributed by atoms with van der Waals surface area (Å²) in [7, 11) is 1.83. The molecule has 3 atom stereocenters. The highest BCUT2D eigenvalue weighted by molar-refractivity contribution is 5.79. The fourth-order valence-electron chi connectivity index (χ4n) is 3.52. The van der Waals surface area contributed by atoms with Gasteiger partial charge in [0.25, 0.3) is 0 Å². The molecule has 1 aromatic rings. The zero-order chi connectivity index (χ0) is 18.3. The van der Waals surface area contributed by atoms with Gasteiger partial charge in [-0.2, -0.15) is 5.10 Å². The minimum Gasteiger partial charge on any atom is -0.377 e. The van der Waals surface area contributed by atoms with Crippen LogP contribution in [0.3, 0.4) is 0 Å². The molecule has 0 amide bonds. The van der Waals surface area contributed by atoms with E-state index in [4.69, 9.17) is 4.74 Å². The summed E-state index contributed by atoms with van der Waals surface area (Å²) < 4.78 is 8.04. The van der Waals surface area contributed by atoms with E-state index in [0.29, 0.717) is 17.9 Å². The number of ether oxygens (including phenoxy) is 1. The van der Waals surface area contributed by atoms with E-state index in [1.165, 1.54) is 6.42 Å². The van der Waals surface area contributed by atoms with Crippen molar-refractivity contribution in [2.24, 2.45) is 22.2 Å². The Bertz CT molecular complexity index is 520. The largest absolute Gasteiger partial charge is 0.377 e. The molecule has 0 aliphatic carbocycles. The highest BCUT2D eigenvalue weighted by atomic mass is 16.5. The van der Waals surface area contributed by atoms with Gasteiger partial charge < -0.3 is 15.4 Å². The molecule has 2 heterocycles. The first kappa shape index (κ1) is 19.8. The van der Waals surface area contributed by atoms with Crippen LogP contribution in [-0.4, -0.2) is 48.6 Å². The quantitative estimate of drug-likeness (QED) is 0.612. The number of rotatable bonds is 6. The Morgan fingerprint density at radius 2 is 2.20 bits per heavy atom. The summed E-state index contributed by atoms with van der Waals surface area (Å²) in [5.74, 6) is 1.86. The maximum atomic E-state index is 6.07. The second kappa shape index (κ2) is 9.22. The summed E-state index contributed by atoms with van der Waals surface area (Å²) in [6, 6.07) is 1.96. The maximum Gasteiger partial charge on any atom is 0.190 e. The maximum absolute atomic E-state index is 6.07. The second-order valence-corrected chi connectivity index (χ2v) is 8.23. The lowest BCUT2D eigenvalue weighted by Crippen LogP contribution is -2.48. The number of guanidine groups is 1. The van der Waals surface area contributed by atoms with Crippen LogP contribution in [0.2, 0.25) is 0 Å². The van der Waals surface area contributed by atoms with Crippen LogP contribution < -0.4 is 10.6 Å². The predicted octanol–water partition coefficient (Wildman–Crippen LogP) is 2.53. The normalized spacial score (nSPS) is 23.3. The van der Waals surface area contributed by atoms with Crippen molar-refractivity contribution in [1.82, 2.24) is 20.4 Å². The molecule has 2 rings (SSSR count). The summed E-state index contributed by atoms with van der Waals surface area (Å²) in [6.07, 6.45) is 6.47. The van der Waals surface area contributed by atoms with Crippen molar-refractivity contribution >= 4 is 5.96 Å². The molecule has 2 N–H and O–H groups in total. The first-order chi connectivity index (χ1) is 11.9. The van der Waals surface area contributed by atoms with Gasteiger partial charge in [-0.3, -0.25) is 9.67 Å². The second-order valence-electron chi connectivity index (χ2n) is 8.23. The van der Waals surface area contributed by atoms with Gasteiger partial charge in [-0.15, -0.1) is 0 Å². The average Bonchev–Trinajstić information content (AvgIpc) is 3.07. The standard InChI is InChI=1S/C19H35N5O/c1-15(14-24-10-7-9-23-24)12-21-18(20-5)22-13-16-8-6-11-25-17(16)19(2,3)4/h7,9-10,15-17H,6,8,11-14H2,1-5H3,(H2,20,21,22). The molecule has 0 radical (unpaired) electrons. The van der Waals surface area contributed by atoms with Gasteiger partial charge in [0.05, 0.1) is 6.10 Å². The molecule has 25 heavy (non-hydrogen) atoms. The lowest BCUT2D eigenvalue weighted by Gasteiger charge is -2.40. The molecule has 1 aliphatic rings. The zero-order valence-electron chi connectivity index (χ0n) is 16.5. The first-order valence-corrected chi connectivity index (χ1v) is 9.43. The van der Waals surface area contributed by atoms with Crippen LogP contribution in [0.15, 0.2) is 23.5 Å². The fourth-order valence-corrected chi connectivity index (χ4v) is 3.52. The molecular weight excluding hydrogens is 314 g/mol. The number of aromatic nitrogens is 2. The lowest BCUT2D eigenvalue weighted by molar-refractivity contribution is -0.0835. The Labute approximate surface area is 152 Å². The van der Waals surface area contributed by atoms with Gasteiger partial charge in [0, 0.05) is 51.6 Å². The van der Waals surface area contributed by atoms with Crippen molar-refractivity contribution in [1.29, 1.82) is 0 Å². The van der Waals surface area contributed by atoms with E-state index in [-0.39, 0.29) is 5.41 Å². The van der Waals surface area contributed by atoms with Gasteiger partial charge in [-0.1, -0.05) is 27.7 Å². The van der Waals surface area contributed by atoms with Gasteiger partial charge in [0.1, 0.15) is 0 Å². The summed E-state index contributed by atoms with van der Waals surface area (Å²) in [5, 5.41) is 11.2. The molecule has 1 fully saturated rings. The van der Waals surface area contributed by atoms with Crippen molar-refractivity contribution in [2.45, 2.75) is 53.2 Å². The number of hydrogen-bond acceptors (Lipinski definition) is 3. The number of nitrogens with zero attached hydrogens (tertiary/aromatic N) is 3. The Balaban J connectivity index is 1.77. The van der Waals surface area contributed by atoms with E-state index in [0.717, 1.165) is 38.6 Å². The molecule has 0 saturated carbocycles. The predicted molar refractivity (Wildman–Crippen MR) is 103 cm³/mol. The summed E-state index contributed by atoms with van der Waals surface area (Å²) >= 11 is 0. The smallest absolute Gasteiger partial charge is 0.190 e. The average molecular weight is 350 g/mol. The van der Waals surface area contributed by atoms with Crippen LogP contribution in [-0.2, 0) is 11.3 Å². The SMILES string of the molecule is CN=C(NCC(C)Cn1cccn1)NCC1CCCOC1C(C)(C)C. The minimum absolute atomic E-state index is 0.169. The van der Waals surface area contributed by atoms with Crippen molar-refractivity contribution in [3.05, 3.63) is 18.5 Å². The van der Waals surface area contributed by atoms with Gasteiger partial charge in [0.15, 0.2) is 5.96 Å². The van der Waals surface area contributed by atoms with Crippen LogP contribution in [0.25, 0.3) is 0 Å². The van der Waals surface area contributed by atoms with Crippen molar-refractivity contribution in [3.8, 4) is 0 Å². The van der Waals surface area contributed by atoms with E-state index < -0.39 is 0 Å². The Kier molecular flexibility index (Phi) is 7.29. The van der Waals surface area contributed by atoms with Crippen molar-refractivity contribution in [3.63, 3.8) is 0 Å². The monoisotopic (exact) mass is 349 g/mol. The van der Waals surface area contributed by atoms with E-state index in [2.05, 4.69) is 48.4 Å². The fraction of sp³-hybridized carbons (Fsp3) is 0.789. The minimum atomic E-state index is 0.169. The number of nitrogens with one attached hydrogen (secondary N) is 2. The van der Waals surface area contributed by atoms with E-state index in [1.807, 2.05) is 30.2 Å². The molecule has 0 bridgehead atoms. The summed E-state index contributed by atoms with van der Waals surface area (Å²) in [6.45, 7) is 12.6. The highest BCUT2D eigenvalue weighted by Gasteiger charge is 2.35. The molecule has 142 valence electrons. The molecule has 1 saturated heterocycles. The van der Waals surface area contributed by atoms with Gasteiger partial charge in [-0.25, -0.2) is 0 Å². The molecule has 0 spiro atoms. The Hall–Kier alpha value is -1.56. The summed E-state index contributed by atoms with van der Waals surface area (Å²) in [5.41, 5.74) is 0.169. The molecule has 3 unspecified atom stereocenters. The molecule has 0 aromatic carbocycles. The molecule has 1 aromatic heterocycles. The van der Waals surface area contributed by atoms with E-state index >= 15 is 0 Å². The van der Waals surface area contributed by atoms with E-state index in [9.17, 15) is 0 Å². The third kappa shape index (κ3) is 6.34. The molecule has 6 nitrogen and oxygen atoms in total. The van der Waals surface area contributed by atoms with Crippen molar-refractivity contribution < 1.29 is 4.74 Å². The third-order valence-corrected chi connectivity index (χ3v) is 4.73.